The van der Waals surface area contributed by atoms with E-state index in [1.165, 1.54) is 5.56 Å². The first-order valence-corrected chi connectivity index (χ1v) is 7.07. The summed E-state index contributed by atoms with van der Waals surface area (Å²) < 4.78 is 0. The van der Waals surface area contributed by atoms with Crippen LogP contribution in [0.2, 0.25) is 0 Å². The quantitative estimate of drug-likeness (QED) is 0.872. The maximum atomic E-state index is 11.5. The molecule has 0 radical (unpaired) electrons. The van der Waals surface area contributed by atoms with Crippen molar-refractivity contribution in [2.75, 3.05) is 6.54 Å². The second-order valence-corrected chi connectivity index (χ2v) is 5.43. The molecular weight excluding hydrogens is 250 g/mol. The summed E-state index contributed by atoms with van der Waals surface area (Å²) in [6.07, 6.45) is 2.26. The molecule has 0 saturated heterocycles. The highest BCUT2D eigenvalue weighted by Crippen LogP contribution is 2.18. The van der Waals surface area contributed by atoms with Crippen LogP contribution in [-0.4, -0.2) is 23.5 Å². The van der Waals surface area contributed by atoms with Crippen molar-refractivity contribution in [3.63, 3.8) is 0 Å². The first-order chi connectivity index (χ1) is 9.70. The van der Waals surface area contributed by atoms with Crippen LogP contribution in [0.15, 0.2) is 30.3 Å². The molecule has 4 heteroatoms. The molecule has 0 aliphatic heterocycles. The summed E-state index contributed by atoms with van der Waals surface area (Å²) in [5.74, 6) is 0.0885. The van der Waals surface area contributed by atoms with Crippen LogP contribution in [0.3, 0.4) is 0 Å². The molecule has 2 aromatic rings. The van der Waals surface area contributed by atoms with Crippen molar-refractivity contribution in [2.24, 2.45) is 0 Å². The second-order valence-electron chi connectivity index (χ2n) is 5.43. The highest BCUT2D eigenvalue weighted by Gasteiger charge is 2.22. The Bertz CT molecular complexity index is 635. The summed E-state index contributed by atoms with van der Waals surface area (Å²) in [7, 11) is 0. The van der Waals surface area contributed by atoms with E-state index in [-0.39, 0.29) is 5.91 Å². The third-order valence-electron chi connectivity index (χ3n) is 3.45. The van der Waals surface area contributed by atoms with E-state index in [2.05, 4.69) is 33.8 Å². The van der Waals surface area contributed by atoms with Gasteiger partial charge in [0.25, 0.3) is 0 Å². The van der Waals surface area contributed by atoms with E-state index in [0.29, 0.717) is 19.1 Å². The largest absolute Gasteiger partial charge is 0.352 e. The zero-order chi connectivity index (χ0) is 13.9. The molecule has 1 aromatic heterocycles. The summed E-state index contributed by atoms with van der Waals surface area (Å²) in [5.41, 5.74) is 3.21. The van der Waals surface area contributed by atoms with E-state index >= 15 is 0 Å². The average Bonchev–Trinajstić information content (AvgIpc) is 3.23. The van der Waals surface area contributed by atoms with E-state index in [1.54, 1.807) is 0 Å². The summed E-state index contributed by atoms with van der Waals surface area (Å²) in [5, 5.41) is 7.28. The number of nitrogens with one attached hydrogen (secondary N) is 2. The van der Waals surface area contributed by atoms with Gasteiger partial charge in [-0.25, -0.2) is 0 Å². The molecule has 3 rings (SSSR count). The van der Waals surface area contributed by atoms with E-state index in [9.17, 15) is 4.79 Å². The van der Waals surface area contributed by atoms with Crippen molar-refractivity contribution in [2.45, 2.75) is 32.4 Å². The fourth-order valence-corrected chi connectivity index (χ4v) is 2.21. The van der Waals surface area contributed by atoms with Crippen LogP contribution in [0.1, 0.15) is 24.1 Å². The van der Waals surface area contributed by atoms with Gasteiger partial charge in [0, 0.05) is 23.7 Å². The Morgan fingerprint density at radius 2 is 2.15 bits per heavy atom. The first-order valence-electron chi connectivity index (χ1n) is 7.07. The number of benzene rings is 1. The van der Waals surface area contributed by atoms with Crippen molar-refractivity contribution in [3.8, 4) is 0 Å². The zero-order valence-electron chi connectivity index (χ0n) is 11.6. The van der Waals surface area contributed by atoms with Crippen LogP contribution >= 0.6 is 0 Å². The number of rotatable bonds is 5. The fraction of sp³-hybridized carbons (Fsp3) is 0.375. The molecule has 1 aliphatic rings. The number of amides is 1. The Morgan fingerprint density at radius 3 is 2.95 bits per heavy atom. The van der Waals surface area contributed by atoms with Gasteiger partial charge in [-0.2, -0.15) is 0 Å². The number of hydrogen-bond acceptors (Lipinski definition) is 3. The minimum atomic E-state index is 0.0885. The molecule has 1 aliphatic carbocycles. The van der Waals surface area contributed by atoms with Crippen molar-refractivity contribution in [1.29, 1.82) is 0 Å². The van der Waals surface area contributed by atoms with Gasteiger partial charge in [0.1, 0.15) is 0 Å². The number of fused-ring (bicyclic) bond motifs is 1. The van der Waals surface area contributed by atoms with Crippen molar-refractivity contribution in [3.05, 3.63) is 41.6 Å². The Labute approximate surface area is 118 Å². The van der Waals surface area contributed by atoms with Gasteiger partial charge >= 0.3 is 0 Å². The minimum Gasteiger partial charge on any atom is -0.352 e. The van der Waals surface area contributed by atoms with Crippen LogP contribution in [0, 0.1) is 6.92 Å². The monoisotopic (exact) mass is 269 g/mol. The Morgan fingerprint density at radius 1 is 1.30 bits per heavy atom. The first kappa shape index (κ1) is 13.1. The predicted molar refractivity (Wildman–Crippen MR) is 79.4 cm³/mol. The molecule has 0 unspecified atom stereocenters. The SMILES string of the molecule is Cc1ccc2cc(CNCC(=O)NC3CC3)ccc2n1. The maximum absolute atomic E-state index is 11.5. The molecule has 2 N–H and O–H groups in total. The van der Waals surface area contributed by atoms with Gasteiger partial charge in [0.05, 0.1) is 12.1 Å². The number of carbonyl (C=O) groups is 1. The van der Waals surface area contributed by atoms with Crippen molar-refractivity contribution in [1.82, 2.24) is 15.6 Å². The summed E-state index contributed by atoms with van der Waals surface area (Å²) >= 11 is 0. The number of hydrogen-bond donors (Lipinski definition) is 2. The maximum Gasteiger partial charge on any atom is 0.234 e. The molecule has 1 amide bonds. The molecule has 0 atom stereocenters. The molecule has 1 aromatic carbocycles. The van der Waals surface area contributed by atoms with Crippen LogP contribution in [0.4, 0.5) is 0 Å². The molecule has 1 saturated carbocycles. The molecule has 4 nitrogen and oxygen atoms in total. The lowest BCUT2D eigenvalue weighted by molar-refractivity contribution is -0.120. The number of pyridine rings is 1. The second kappa shape index (κ2) is 5.59. The normalized spacial score (nSPS) is 14.4. The molecular formula is C16H19N3O. The number of carbonyl (C=O) groups excluding carboxylic acids is 1. The van der Waals surface area contributed by atoms with Crippen molar-refractivity contribution >= 4 is 16.8 Å². The van der Waals surface area contributed by atoms with Gasteiger partial charge in [-0.15, -0.1) is 0 Å². The van der Waals surface area contributed by atoms with Gasteiger partial charge < -0.3 is 10.6 Å². The molecule has 0 bridgehead atoms. The van der Waals surface area contributed by atoms with E-state index in [0.717, 1.165) is 29.4 Å². The fourth-order valence-electron chi connectivity index (χ4n) is 2.21. The minimum absolute atomic E-state index is 0.0885. The molecule has 104 valence electrons. The topological polar surface area (TPSA) is 54.0 Å². The average molecular weight is 269 g/mol. The van der Waals surface area contributed by atoms with E-state index in [4.69, 9.17) is 0 Å². The standard InChI is InChI=1S/C16H19N3O/c1-11-2-4-13-8-12(3-7-15(13)18-11)9-17-10-16(20)19-14-5-6-14/h2-4,7-8,14,17H,5-6,9-10H2,1H3,(H,19,20). The van der Waals surface area contributed by atoms with E-state index < -0.39 is 0 Å². The summed E-state index contributed by atoms with van der Waals surface area (Å²) in [6, 6.07) is 10.7. The Balaban J connectivity index is 1.56. The van der Waals surface area contributed by atoms with Gasteiger partial charge in [-0.3, -0.25) is 9.78 Å². The zero-order valence-corrected chi connectivity index (χ0v) is 11.6. The third kappa shape index (κ3) is 3.33. The van der Waals surface area contributed by atoms with Crippen LogP contribution in [0.5, 0.6) is 0 Å². The number of aromatic nitrogens is 1. The van der Waals surface area contributed by atoms with Gasteiger partial charge in [-0.05, 0) is 43.5 Å². The molecule has 1 heterocycles. The molecule has 20 heavy (non-hydrogen) atoms. The third-order valence-corrected chi connectivity index (χ3v) is 3.45. The lowest BCUT2D eigenvalue weighted by atomic mass is 10.1. The Hall–Kier alpha value is -1.94. The predicted octanol–water partition coefficient (Wildman–Crippen LogP) is 1.91. The van der Waals surface area contributed by atoms with Gasteiger partial charge in [-0.1, -0.05) is 12.1 Å². The van der Waals surface area contributed by atoms with E-state index in [1.807, 2.05) is 19.1 Å². The molecule has 1 fully saturated rings. The van der Waals surface area contributed by atoms with Crippen LogP contribution in [-0.2, 0) is 11.3 Å². The summed E-state index contributed by atoms with van der Waals surface area (Å²) in [4.78, 5) is 16.0. The lowest BCUT2D eigenvalue weighted by Crippen LogP contribution is -2.34. The van der Waals surface area contributed by atoms with Crippen molar-refractivity contribution < 1.29 is 4.79 Å². The van der Waals surface area contributed by atoms with Crippen LogP contribution < -0.4 is 10.6 Å². The van der Waals surface area contributed by atoms with Crippen LogP contribution in [0.25, 0.3) is 10.9 Å². The lowest BCUT2D eigenvalue weighted by Gasteiger charge is -2.07. The number of nitrogens with zero attached hydrogens (tertiary/aromatic N) is 1. The summed E-state index contributed by atoms with van der Waals surface area (Å²) in [6.45, 7) is 3.07. The smallest absolute Gasteiger partial charge is 0.234 e. The highest BCUT2D eigenvalue weighted by molar-refractivity contribution is 5.80. The molecule has 0 spiro atoms. The van der Waals surface area contributed by atoms with Gasteiger partial charge in [0.15, 0.2) is 0 Å². The highest BCUT2D eigenvalue weighted by atomic mass is 16.2. The Kier molecular flexibility index (Phi) is 3.65. The number of aryl methyl sites for hydroxylation is 1. The van der Waals surface area contributed by atoms with Gasteiger partial charge in [0.2, 0.25) is 5.91 Å².